The molecule has 2 heteroatoms. The highest BCUT2D eigenvalue weighted by Crippen LogP contribution is 2.04. The highest BCUT2D eigenvalue weighted by Gasteiger charge is 2.08. The normalized spacial score (nSPS) is 9.67. The number of pyridine rings is 2. The third-order valence-corrected chi connectivity index (χ3v) is 1.71. The van der Waals surface area contributed by atoms with Gasteiger partial charge in [-0.2, -0.15) is 0 Å². The van der Waals surface area contributed by atoms with Crippen molar-refractivity contribution >= 4 is 0 Å². The summed E-state index contributed by atoms with van der Waals surface area (Å²) in [5.41, 5.74) is 2.19. The van der Waals surface area contributed by atoms with Gasteiger partial charge in [0.1, 0.15) is 0 Å². The van der Waals surface area contributed by atoms with Crippen molar-refractivity contribution in [3.8, 4) is 11.4 Å². The van der Waals surface area contributed by atoms with E-state index >= 15 is 0 Å². The van der Waals surface area contributed by atoms with Gasteiger partial charge in [0.05, 0.1) is 0 Å². The first-order valence-corrected chi connectivity index (χ1v) is 3.90. The summed E-state index contributed by atoms with van der Waals surface area (Å²) in [5, 5.41) is 0. The monoisotopic (exact) mass is 158 g/mol. The molecule has 0 unspecified atom stereocenters. The summed E-state index contributed by atoms with van der Waals surface area (Å²) in [7, 11) is 0. The molecule has 2 nitrogen and oxygen atoms in total. The quantitative estimate of drug-likeness (QED) is 0.592. The van der Waals surface area contributed by atoms with Crippen molar-refractivity contribution in [3.63, 3.8) is 0 Å². The third kappa shape index (κ3) is 1.32. The molecule has 0 aliphatic rings. The summed E-state index contributed by atoms with van der Waals surface area (Å²) in [5.74, 6) is 0. The Hall–Kier alpha value is -1.70. The Morgan fingerprint density at radius 2 is 1.17 bits per heavy atom. The van der Waals surface area contributed by atoms with Crippen LogP contribution >= 0.6 is 0 Å². The van der Waals surface area contributed by atoms with Crippen LogP contribution in [0.25, 0.3) is 11.4 Å². The summed E-state index contributed by atoms with van der Waals surface area (Å²) in [6.45, 7) is 0. The summed E-state index contributed by atoms with van der Waals surface area (Å²) in [4.78, 5) is 6.31. The van der Waals surface area contributed by atoms with Crippen LogP contribution in [0.2, 0.25) is 0 Å². The van der Waals surface area contributed by atoms with Crippen LogP contribution in [-0.2, 0) is 0 Å². The fraction of sp³-hybridized carbons (Fsp3) is 0. The van der Waals surface area contributed by atoms with Gasteiger partial charge in [-0.25, -0.2) is 9.97 Å². The predicted octanol–water partition coefficient (Wildman–Crippen LogP) is 0.982. The molecule has 0 saturated heterocycles. The largest absolute Gasteiger partial charge is 0.275 e. The highest BCUT2D eigenvalue weighted by molar-refractivity contribution is 5.44. The van der Waals surface area contributed by atoms with Crippen LogP contribution in [0.1, 0.15) is 0 Å². The van der Waals surface area contributed by atoms with Crippen LogP contribution in [0.3, 0.4) is 0 Å². The second-order valence-corrected chi connectivity index (χ2v) is 2.55. The maximum atomic E-state index is 3.15. The van der Waals surface area contributed by atoms with E-state index in [1.165, 1.54) is 0 Å². The topological polar surface area (TPSA) is 28.3 Å². The molecular formula is C10H10N2+2. The van der Waals surface area contributed by atoms with Crippen LogP contribution in [0, 0.1) is 0 Å². The Morgan fingerprint density at radius 1 is 0.667 bits per heavy atom. The van der Waals surface area contributed by atoms with Crippen molar-refractivity contribution in [2.24, 2.45) is 0 Å². The van der Waals surface area contributed by atoms with Crippen molar-refractivity contribution in [1.29, 1.82) is 0 Å². The summed E-state index contributed by atoms with van der Waals surface area (Å²) in [6, 6.07) is 12.0. The van der Waals surface area contributed by atoms with Gasteiger partial charge in [-0.1, -0.05) is 0 Å². The van der Waals surface area contributed by atoms with Gasteiger partial charge in [-0.15, -0.1) is 0 Å². The van der Waals surface area contributed by atoms with Gasteiger partial charge in [-0.3, -0.25) is 0 Å². The Kier molecular flexibility index (Phi) is 1.82. The summed E-state index contributed by atoms with van der Waals surface area (Å²) < 4.78 is 0. The first-order valence-electron chi connectivity index (χ1n) is 3.90. The Morgan fingerprint density at radius 3 is 1.50 bits per heavy atom. The Labute approximate surface area is 70.9 Å². The molecule has 0 spiro atoms. The zero-order chi connectivity index (χ0) is 8.23. The minimum Gasteiger partial charge on any atom is -0.206 e. The molecule has 2 aromatic heterocycles. The van der Waals surface area contributed by atoms with E-state index in [0.717, 1.165) is 11.4 Å². The molecule has 0 aliphatic heterocycles. The second kappa shape index (κ2) is 3.13. The molecule has 58 valence electrons. The molecule has 2 aromatic rings. The number of H-pyrrole nitrogens is 2. The molecule has 2 N–H and O–H groups in total. The SMILES string of the molecule is c1ccc(-c2cccc[nH+]2)[nH+]c1. The van der Waals surface area contributed by atoms with Gasteiger partial charge in [0.2, 0.25) is 0 Å². The Balaban J connectivity index is 2.46. The maximum absolute atomic E-state index is 3.15. The lowest BCUT2D eigenvalue weighted by atomic mass is 10.2. The molecule has 2 heterocycles. The smallest absolute Gasteiger partial charge is 0.206 e. The van der Waals surface area contributed by atoms with E-state index in [4.69, 9.17) is 0 Å². The van der Waals surface area contributed by atoms with E-state index < -0.39 is 0 Å². The standard InChI is InChI=1S/C10H8N2/c1-3-7-11-9(5-1)10-6-2-4-8-12-10/h1-8H/p+2. The van der Waals surface area contributed by atoms with E-state index in [1.807, 2.05) is 48.8 Å². The molecular weight excluding hydrogens is 148 g/mol. The molecule has 0 aromatic carbocycles. The van der Waals surface area contributed by atoms with Gasteiger partial charge >= 0.3 is 0 Å². The van der Waals surface area contributed by atoms with E-state index in [-0.39, 0.29) is 0 Å². The van der Waals surface area contributed by atoms with Crippen molar-refractivity contribution in [3.05, 3.63) is 48.8 Å². The zero-order valence-electron chi connectivity index (χ0n) is 6.62. The zero-order valence-corrected chi connectivity index (χ0v) is 6.62. The van der Waals surface area contributed by atoms with E-state index in [9.17, 15) is 0 Å². The molecule has 2 rings (SSSR count). The molecule has 0 amide bonds. The molecule has 0 bridgehead atoms. The van der Waals surface area contributed by atoms with Gasteiger partial charge in [0.15, 0.2) is 12.4 Å². The predicted molar refractivity (Wildman–Crippen MR) is 45.0 cm³/mol. The number of hydrogen-bond acceptors (Lipinski definition) is 0. The van der Waals surface area contributed by atoms with Gasteiger partial charge < -0.3 is 0 Å². The van der Waals surface area contributed by atoms with E-state index in [0.29, 0.717) is 0 Å². The minimum absolute atomic E-state index is 1.10. The lowest BCUT2D eigenvalue weighted by Crippen LogP contribution is -2.13. The number of aromatic amines is 2. The lowest BCUT2D eigenvalue weighted by molar-refractivity contribution is -0.402. The van der Waals surface area contributed by atoms with Crippen LogP contribution in [0.4, 0.5) is 0 Å². The van der Waals surface area contributed by atoms with Crippen molar-refractivity contribution in [2.45, 2.75) is 0 Å². The number of nitrogens with one attached hydrogen (secondary N) is 2. The van der Waals surface area contributed by atoms with Crippen LogP contribution in [0.15, 0.2) is 48.8 Å². The van der Waals surface area contributed by atoms with Gasteiger partial charge in [0.25, 0.3) is 11.4 Å². The number of aromatic nitrogens is 2. The van der Waals surface area contributed by atoms with Crippen LogP contribution < -0.4 is 9.97 Å². The second-order valence-electron chi connectivity index (χ2n) is 2.55. The average molecular weight is 158 g/mol. The van der Waals surface area contributed by atoms with Gasteiger partial charge in [-0.05, 0) is 12.1 Å². The van der Waals surface area contributed by atoms with Crippen molar-refractivity contribution in [1.82, 2.24) is 0 Å². The van der Waals surface area contributed by atoms with Crippen LogP contribution in [-0.4, -0.2) is 0 Å². The Bertz CT molecular complexity index is 305. The maximum Gasteiger partial charge on any atom is 0.275 e. The third-order valence-electron chi connectivity index (χ3n) is 1.71. The summed E-state index contributed by atoms with van der Waals surface area (Å²) in [6.07, 6.45) is 3.83. The first kappa shape index (κ1) is 6.98. The lowest BCUT2D eigenvalue weighted by Gasteiger charge is -1.85. The van der Waals surface area contributed by atoms with E-state index in [2.05, 4.69) is 9.97 Å². The van der Waals surface area contributed by atoms with E-state index in [1.54, 1.807) is 0 Å². The fourth-order valence-corrected chi connectivity index (χ4v) is 1.12. The molecule has 0 fully saturated rings. The molecule has 0 aliphatic carbocycles. The molecule has 0 radical (unpaired) electrons. The molecule has 0 saturated carbocycles. The summed E-state index contributed by atoms with van der Waals surface area (Å²) >= 11 is 0. The number of rotatable bonds is 1. The van der Waals surface area contributed by atoms with Crippen LogP contribution in [0.5, 0.6) is 0 Å². The number of hydrogen-bond donors (Lipinski definition) is 0. The molecule has 0 atom stereocenters. The minimum atomic E-state index is 1.10. The molecule has 12 heavy (non-hydrogen) atoms. The fourth-order valence-electron chi connectivity index (χ4n) is 1.12. The van der Waals surface area contributed by atoms with Crippen molar-refractivity contribution in [2.75, 3.05) is 0 Å². The highest BCUT2D eigenvalue weighted by atomic mass is 14.7. The average Bonchev–Trinajstić information content (AvgIpc) is 2.21. The van der Waals surface area contributed by atoms with Gasteiger partial charge in [0, 0.05) is 24.3 Å². The van der Waals surface area contributed by atoms with Crippen molar-refractivity contribution < 1.29 is 9.97 Å². The first-order chi connectivity index (χ1) is 5.97.